The predicted octanol–water partition coefficient (Wildman–Crippen LogP) is 19.1. The largest absolute Gasteiger partial charge is 0.310 e. The second-order valence-corrected chi connectivity index (χ2v) is 19.4. The van der Waals surface area contributed by atoms with Gasteiger partial charge >= 0.3 is 0 Å². The van der Waals surface area contributed by atoms with Gasteiger partial charge in [0.05, 0.1) is 11.1 Å². The molecular formula is C71H45N. The van der Waals surface area contributed by atoms with Gasteiger partial charge in [0, 0.05) is 16.9 Å². The van der Waals surface area contributed by atoms with Gasteiger partial charge in [0.25, 0.3) is 0 Å². The highest BCUT2D eigenvalue weighted by Gasteiger charge is 2.52. The van der Waals surface area contributed by atoms with Crippen LogP contribution < -0.4 is 4.90 Å². The van der Waals surface area contributed by atoms with Crippen molar-refractivity contribution < 1.29 is 0 Å². The van der Waals surface area contributed by atoms with Crippen molar-refractivity contribution >= 4 is 60.2 Å². The van der Waals surface area contributed by atoms with Crippen molar-refractivity contribution in [2.24, 2.45) is 0 Å². The normalized spacial score (nSPS) is 12.8. The second kappa shape index (κ2) is 15.9. The first-order valence-electron chi connectivity index (χ1n) is 25.1. The van der Waals surface area contributed by atoms with Crippen LogP contribution in [0, 0.1) is 0 Å². The van der Waals surface area contributed by atoms with Gasteiger partial charge in [-0.1, -0.05) is 237 Å². The van der Waals surface area contributed by atoms with Crippen molar-refractivity contribution in [3.05, 3.63) is 295 Å². The van der Waals surface area contributed by atoms with Crippen molar-refractivity contribution in [1.29, 1.82) is 0 Å². The maximum atomic E-state index is 2.58. The summed E-state index contributed by atoms with van der Waals surface area (Å²) < 4.78 is 0. The molecule has 0 aromatic heterocycles. The average Bonchev–Trinajstić information content (AvgIpc) is 3.92. The Morgan fingerprint density at radius 1 is 0.222 bits per heavy atom. The summed E-state index contributed by atoms with van der Waals surface area (Å²) in [7, 11) is 0. The molecule has 0 saturated carbocycles. The van der Waals surface area contributed by atoms with Crippen LogP contribution >= 0.6 is 0 Å². The molecule has 2 aliphatic rings. The van der Waals surface area contributed by atoms with Gasteiger partial charge < -0.3 is 4.90 Å². The third-order valence-electron chi connectivity index (χ3n) is 15.9. The molecule has 13 aromatic rings. The lowest BCUT2D eigenvalue weighted by atomic mass is 9.70. The topological polar surface area (TPSA) is 3.24 Å². The molecule has 0 bridgehead atoms. The highest BCUT2D eigenvalue weighted by Crippen LogP contribution is 2.64. The molecule has 0 unspecified atom stereocenters. The van der Waals surface area contributed by atoms with Crippen LogP contribution in [0.5, 0.6) is 0 Å². The molecule has 72 heavy (non-hydrogen) atoms. The standard InChI is InChI=1S/C71H45N/c1-3-20-46(21-4-1)52-40-38-49(42-62(52)48-22-5-2-6-23-48)72(50-39-41-58-56-29-10-9-27-54(56)55-28-11-12-30-57(55)63(58)43-50)70-45-69-64(44-65(70)53-34-19-25-47-24-7-8-26-51(47)53)61-33-15-18-37-68(61)71(69)66-35-16-13-31-59(66)60-32-14-17-36-67(60)71/h1-45H. The van der Waals surface area contributed by atoms with E-state index in [4.69, 9.17) is 0 Å². The Labute approximate surface area is 419 Å². The fraction of sp³-hybridized carbons (Fsp3) is 0.0141. The molecule has 13 aromatic carbocycles. The number of anilines is 3. The molecule has 1 nitrogen and oxygen atoms in total. The molecular weight excluding hydrogens is 867 g/mol. The van der Waals surface area contributed by atoms with Crippen LogP contribution in [-0.2, 0) is 5.41 Å². The van der Waals surface area contributed by atoms with Gasteiger partial charge in [-0.15, -0.1) is 0 Å². The van der Waals surface area contributed by atoms with Crippen molar-refractivity contribution in [3.8, 4) is 55.6 Å². The number of hydrogen-bond donors (Lipinski definition) is 0. The summed E-state index contributed by atoms with van der Waals surface area (Å²) in [6, 6.07) is 102. The van der Waals surface area contributed by atoms with Gasteiger partial charge in [-0.3, -0.25) is 0 Å². The van der Waals surface area contributed by atoms with E-state index in [0.717, 1.165) is 17.1 Å². The Hall–Kier alpha value is -9.30. The summed E-state index contributed by atoms with van der Waals surface area (Å²) in [5.74, 6) is 0. The fourth-order valence-corrected chi connectivity index (χ4v) is 12.8. The minimum Gasteiger partial charge on any atom is -0.310 e. The Morgan fingerprint density at radius 2 is 0.667 bits per heavy atom. The zero-order valence-electron chi connectivity index (χ0n) is 39.4. The van der Waals surface area contributed by atoms with E-state index >= 15 is 0 Å². The van der Waals surface area contributed by atoms with Gasteiger partial charge in [-0.2, -0.15) is 0 Å². The Bertz CT molecular complexity index is 4250. The lowest BCUT2D eigenvalue weighted by Crippen LogP contribution is -2.26. The zero-order valence-corrected chi connectivity index (χ0v) is 39.4. The van der Waals surface area contributed by atoms with E-state index in [2.05, 4.69) is 278 Å². The maximum absolute atomic E-state index is 2.58. The van der Waals surface area contributed by atoms with E-state index in [1.807, 2.05) is 0 Å². The Morgan fingerprint density at radius 3 is 1.29 bits per heavy atom. The first-order chi connectivity index (χ1) is 35.7. The fourth-order valence-electron chi connectivity index (χ4n) is 12.8. The van der Waals surface area contributed by atoms with Gasteiger partial charge in [0.1, 0.15) is 0 Å². The minimum absolute atomic E-state index is 0.540. The van der Waals surface area contributed by atoms with Crippen LogP contribution in [0.3, 0.4) is 0 Å². The summed E-state index contributed by atoms with van der Waals surface area (Å²) in [6.45, 7) is 0. The van der Waals surface area contributed by atoms with Crippen LogP contribution in [0.1, 0.15) is 22.3 Å². The van der Waals surface area contributed by atoms with Crippen LogP contribution in [0.2, 0.25) is 0 Å². The van der Waals surface area contributed by atoms with Gasteiger partial charge in [-0.05, 0) is 152 Å². The molecule has 0 aliphatic heterocycles. The molecule has 1 spiro atoms. The SMILES string of the molecule is c1ccc(-c2ccc(N(c3ccc4c5ccccc5c5ccccc5c4c3)c3cc4c(cc3-c3cccc5ccccc35)-c3ccccc3C43c4ccccc4-c4ccccc43)cc2-c2ccccc2)cc1. The first-order valence-corrected chi connectivity index (χ1v) is 25.1. The van der Waals surface area contributed by atoms with E-state index in [-0.39, 0.29) is 0 Å². The van der Waals surface area contributed by atoms with Crippen molar-refractivity contribution in [1.82, 2.24) is 0 Å². The third-order valence-corrected chi connectivity index (χ3v) is 15.9. The molecule has 0 radical (unpaired) electrons. The smallest absolute Gasteiger partial charge is 0.0726 e. The number of nitrogens with zero attached hydrogens (tertiary/aromatic N) is 1. The van der Waals surface area contributed by atoms with Crippen molar-refractivity contribution in [2.75, 3.05) is 4.90 Å². The molecule has 15 rings (SSSR count). The Kier molecular flexibility index (Phi) is 8.94. The number of benzene rings is 13. The van der Waals surface area contributed by atoms with E-state index in [1.165, 1.54) is 121 Å². The molecule has 0 atom stereocenters. The molecule has 1 heteroatoms. The highest BCUT2D eigenvalue weighted by atomic mass is 15.1. The second-order valence-electron chi connectivity index (χ2n) is 19.4. The summed E-state index contributed by atoms with van der Waals surface area (Å²) >= 11 is 0. The molecule has 334 valence electrons. The van der Waals surface area contributed by atoms with E-state index < -0.39 is 5.41 Å². The van der Waals surface area contributed by atoms with Crippen LogP contribution in [0.15, 0.2) is 273 Å². The average molecular weight is 912 g/mol. The van der Waals surface area contributed by atoms with E-state index in [1.54, 1.807) is 0 Å². The molecule has 0 N–H and O–H groups in total. The summed E-state index contributed by atoms with van der Waals surface area (Å²) in [5, 5.41) is 9.94. The highest BCUT2D eigenvalue weighted by molar-refractivity contribution is 6.26. The molecule has 0 amide bonds. The monoisotopic (exact) mass is 911 g/mol. The van der Waals surface area contributed by atoms with Gasteiger partial charge in [-0.25, -0.2) is 0 Å². The minimum atomic E-state index is -0.540. The van der Waals surface area contributed by atoms with Crippen LogP contribution in [0.25, 0.3) is 98.7 Å². The molecule has 0 fully saturated rings. The van der Waals surface area contributed by atoms with Gasteiger partial charge in [0.2, 0.25) is 0 Å². The molecule has 0 saturated heterocycles. The molecule has 2 aliphatic carbocycles. The van der Waals surface area contributed by atoms with Crippen LogP contribution in [0.4, 0.5) is 17.1 Å². The van der Waals surface area contributed by atoms with Crippen molar-refractivity contribution in [2.45, 2.75) is 5.41 Å². The number of fused-ring (bicyclic) bond motifs is 17. The van der Waals surface area contributed by atoms with Crippen molar-refractivity contribution in [3.63, 3.8) is 0 Å². The summed E-state index contributed by atoms with van der Waals surface area (Å²) in [4.78, 5) is 2.57. The zero-order chi connectivity index (χ0) is 47.3. The lowest BCUT2D eigenvalue weighted by molar-refractivity contribution is 0.794. The lowest BCUT2D eigenvalue weighted by Gasteiger charge is -2.34. The summed E-state index contributed by atoms with van der Waals surface area (Å²) in [5.41, 5.74) is 20.3. The van der Waals surface area contributed by atoms with Gasteiger partial charge in [0.15, 0.2) is 0 Å². The summed E-state index contributed by atoms with van der Waals surface area (Å²) in [6.07, 6.45) is 0. The molecule has 0 heterocycles. The number of rotatable bonds is 6. The third kappa shape index (κ3) is 5.83. The predicted molar refractivity (Wildman–Crippen MR) is 304 cm³/mol. The Balaban J connectivity index is 1.10. The quantitative estimate of drug-likeness (QED) is 0.150. The number of hydrogen-bond acceptors (Lipinski definition) is 1. The van der Waals surface area contributed by atoms with E-state index in [0.29, 0.717) is 0 Å². The first kappa shape index (κ1) is 40.6. The maximum Gasteiger partial charge on any atom is 0.0726 e. The van der Waals surface area contributed by atoms with E-state index in [9.17, 15) is 0 Å². The van der Waals surface area contributed by atoms with Crippen LogP contribution in [-0.4, -0.2) is 0 Å².